The summed E-state index contributed by atoms with van der Waals surface area (Å²) < 4.78 is 2.15. The molecule has 2 aromatic rings. The number of nitrogens with one attached hydrogen (secondary N) is 1. The Kier molecular flexibility index (Phi) is 8.91. The third-order valence-corrected chi connectivity index (χ3v) is 6.10. The van der Waals surface area contributed by atoms with Gasteiger partial charge in [0.2, 0.25) is 5.91 Å². The second-order valence-corrected chi connectivity index (χ2v) is 8.00. The number of hydrogen-bond acceptors (Lipinski definition) is 4. The highest BCUT2D eigenvalue weighted by Gasteiger charge is 2.32. The third-order valence-electron chi connectivity index (χ3n) is 6.10. The zero-order valence-corrected chi connectivity index (χ0v) is 19.7. The molecule has 2 aliphatic rings. The van der Waals surface area contributed by atoms with Crippen molar-refractivity contribution in [2.45, 2.75) is 39.3 Å². The number of hydrogen-bond donors (Lipinski definition) is 1. The van der Waals surface area contributed by atoms with Crippen LogP contribution in [0.2, 0.25) is 0 Å². The largest absolute Gasteiger partial charge is 0.342 e. The quantitative estimate of drug-likeness (QED) is 0.749. The van der Waals surface area contributed by atoms with Crippen LogP contribution in [0.4, 0.5) is 0 Å². The average Bonchev–Trinajstić information content (AvgIpc) is 3.02. The lowest BCUT2D eigenvalue weighted by atomic mass is 10.0. The van der Waals surface area contributed by atoms with Gasteiger partial charge in [-0.2, -0.15) is 0 Å². The van der Waals surface area contributed by atoms with Crippen LogP contribution in [-0.2, 0) is 11.3 Å². The van der Waals surface area contributed by atoms with Gasteiger partial charge in [0.1, 0.15) is 0 Å². The molecule has 0 saturated carbocycles. The first-order valence-electron chi connectivity index (χ1n) is 10.4. The van der Waals surface area contributed by atoms with E-state index >= 15 is 0 Å². The number of halogens is 2. The Morgan fingerprint density at radius 3 is 2.74 bits per heavy atom. The van der Waals surface area contributed by atoms with Crippen molar-refractivity contribution in [1.29, 1.82) is 0 Å². The molecular formula is C22H31Cl2N5O2. The molecule has 2 aromatic heterocycles. The van der Waals surface area contributed by atoms with Crippen molar-refractivity contribution < 1.29 is 9.59 Å². The van der Waals surface area contributed by atoms with Crippen LogP contribution < -0.4 is 5.32 Å². The average molecular weight is 468 g/mol. The van der Waals surface area contributed by atoms with Crippen molar-refractivity contribution in [2.75, 3.05) is 32.7 Å². The Hall–Kier alpha value is -2.09. The van der Waals surface area contributed by atoms with E-state index < -0.39 is 0 Å². The predicted octanol–water partition coefficient (Wildman–Crippen LogP) is 2.43. The summed E-state index contributed by atoms with van der Waals surface area (Å²) in [5, 5.41) is 3.12. The summed E-state index contributed by atoms with van der Waals surface area (Å²) in [6.07, 6.45) is 3.69. The second kappa shape index (κ2) is 11.0. The maximum Gasteiger partial charge on any atom is 0.255 e. The molecule has 2 fully saturated rings. The van der Waals surface area contributed by atoms with E-state index in [2.05, 4.69) is 14.9 Å². The van der Waals surface area contributed by atoms with Crippen molar-refractivity contribution in [2.24, 2.45) is 0 Å². The van der Waals surface area contributed by atoms with Crippen LogP contribution in [0.15, 0.2) is 30.5 Å². The fourth-order valence-electron chi connectivity index (χ4n) is 4.49. The molecule has 0 aromatic carbocycles. The molecule has 170 valence electrons. The second-order valence-electron chi connectivity index (χ2n) is 8.00. The number of aryl methyl sites for hydroxylation is 1. The number of likely N-dealkylation sites (tertiary alicyclic amines) is 1. The molecule has 2 amide bonds. The fourth-order valence-corrected chi connectivity index (χ4v) is 4.49. The minimum Gasteiger partial charge on any atom is -0.342 e. The van der Waals surface area contributed by atoms with Gasteiger partial charge in [0, 0.05) is 49.8 Å². The number of carbonyl (C=O) groups is 2. The minimum atomic E-state index is 0. The first-order valence-corrected chi connectivity index (χ1v) is 10.4. The maximum atomic E-state index is 13.3. The van der Waals surface area contributed by atoms with Gasteiger partial charge in [-0.3, -0.25) is 14.6 Å². The summed E-state index contributed by atoms with van der Waals surface area (Å²) in [7, 11) is 0. The Bertz CT molecular complexity index is 903. The van der Waals surface area contributed by atoms with Crippen LogP contribution in [-0.4, -0.2) is 69.9 Å². The molecule has 2 aliphatic heterocycles. The van der Waals surface area contributed by atoms with Crippen LogP contribution in [0.25, 0.3) is 0 Å². The molecular weight excluding hydrogens is 437 g/mol. The van der Waals surface area contributed by atoms with Gasteiger partial charge in [-0.05, 0) is 44.9 Å². The molecule has 9 heteroatoms. The van der Waals surface area contributed by atoms with E-state index in [9.17, 15) is 9.59 Å². The maximum absolute atomic E-state index is 13.3. The number of carbonyl (C=O) groups excluding carboxylic acids is 2. The number of amides is 2. The minimum absolute atomic E-state index is 0. The molecule has 1 N–H and O–H groups in total. The van der Waals surface area contributed by atoms with Gasteiger partial charge < -0.3 is 19.7 Å². The Morgan fingerprint density at radius 2 is 2.03 bits per heavy atom. The van der Waals surface area contributed by atoms with Crippen molar-refractivity contribution in [3.8, 4) is 0 Å². The summed E-state index contributed by atoms with van der Waals surface area (Å²) in [5.74, 6) is 0.210. The first-order chi connectivity index (χ1) is 14.0. The van der Waals surface area contributed by atoms with Crippen molar-refractivity contribution >= 4 is 36.6 Å². The molecule has 31 heavy (non-hydrogen) atoms. The van der Waals surface area contributed by atoms with Crippen molar-refractivity contribution in [1.82, 2.24) is 24.7 Å². The van der Waals surface area contributed by atoms with Gasteiger partial charge in [0.15, 0.2) is 0 Å². The number of rotatable bonds is 4. The van der Waals surface area contributed by atoms with Crippen LogP contribution in [0, 0.1) is 13.8 Å². The number of nitrogens with zero attached hydrogens (tertiary/aromatic N) is 4. The van der Waals surface area contributed by atoms with E-state index in [4.69, 9.17) is 0 Å². The molecule has 1 atom stereocenters. The monoisotopic (exact) mass is 467 g/mol. The van der Waals surface area contributed by atoms with Crippen LogP contribution in [0.5, 0.6) is 0 Å². The van der Waals surface area contributed by atoms with Gasteiger partial charge in [0.25, 0.3) is 5.91 Å². The number of aromatic nitrogens is 2. The Morgan fingerprint density at radius 1 is 1.23 bits per heavy atom. The van der Waals surface area contributed by atoms with E-state index in [1.165, 1.54) is 0 Å². The zero-order valence-electron chi connectivity index (χ0n) is 18.0. The van der Waals surface area contributed by atoms with Gasteiger partial charge in [0.05, 0.1) is 24.3 Å². The van der Waals surface area contributed by atoms with Crippen molar-refractivity contribution in [3.63, 3.8) is 0 Å². The van der Waals surface area contributed by atoms with E-state index in [1.54, 1.807) is 6.20 Å². The van der Waals surface area contributed by atoms with Gasteiger partial charge in [-0.15, -0.1) is 24.8 Å². The molecule has 0 radical (unpaired) electrons. The molecule has 4 rings (SSSR count). The molecule has 0 aliphatic carbocycles. The summed E-state index contributed by atoms with van der Waals surface area (Å²) in [4.78, 5) is 33.9. The SMILES string of the molecule is Cc1cc(C(=O)N2CCCC(N3CCNCC3=O)C2)c(C)n1Cc1ccccn1.Cl.Cl. The van der Waals surface area contributed by atoms with E-state index in [1.807, 2.05) is 47.9 Å². The highest BCUT2D eigenvalue weighted by molar-refractivity contribution is 5.96. The third kappa shape index (κ3) is 5.40. The molecule has 2 saturated heterocycles. The summed E-state index contributed by atoms with van der Waals surface area (Å²) >= 11 is 0. The number of pyridine rings is 1. The van der Waals surface area contributed by atoms with Crippen molar-refractivity contribution in [3.05, 3.63) is 53.1 Å². The Labute approximate surface area is 196 Å². The highest BCUT2D eigenvalue weighted by atomic mass is 35.5. The predicted molar refractivity (Wildman–Crippen MR) is 125 cm³/mol. The lowest BCUT2D eigenvalue weighted by molar-refractivity contribution is -0.135. The molecule has 7 nitrogen and oxygen atoms in total. The zero-order chi connectivity index (χ0) is 20.4. The lowest BCUT2D eigenvalue weighted by Gasteiger charge is -2.41. The van der Waals surface area contributed by atoms with E-state index in [0.717, 1.165) is 55.1 Å². The highest BCUT2D eigenvalue weighted by Crippen LogP contribution is 2.23. The van der Waals surface area contributed by atoms with Crippen LogP contribution in [0.3, 0.4) is 0 Å². The van der Waals surface area contributed by atoms with Crippen LogP contribution >= 0.6 is 24.8 Å². The standard InChI is InChI=1S/C22H29N5O2.2ClH/c1-16-12-20(17(2)27(16)14-18-6-3-4-8-24-18)22(29)25-10-5-7-19(15-25)26-11-9-23-13-21(26)28;;/h3-4,6,8,12,19,23H,5,7,9-11,13-15H2,1-2H3;2*1H. The van der Waals surface area contributed by atoms with Gasteiger partial charge in [-0.1, -0.05) is 6.07 Å². The molecule has 0 bridgehead atoms. The summed E-state index contributed by atoms with van der Waals surface area (Å²) in [6.45, 7) is 8.02. The molecule has 4 heterocycles. The molecule has 0 spiro atoms. The molecule has 1 unspecified atom stereocenters. The van der Waals surface area contributed by atoms with Gasteiger partial charge >= 0.3 is 0 Å². The summed E-state index contributed by atoms with van der Waals surface area (Å²) in [5.41, 5.74) is 3.76. The fraction of sp³-hybridized carbons (Fsp3) is 0.500. The normalized spacial score (nSPS) is 18.9. The summed E-state index contributed by atoms with van der Waals surface area (Å²) in [6, 6.07) is 8.00. The Balaban J connectivity index is 0.00000171. The van der Waals surface area contributed by atoms with E-state index in [0.29, 0.717) is 19.6 Å². The lowest BCUT2D eigenvalue weighted by Crippen LogP contribution is -2.57. The number of piperazine rings is 1. The smallest absolute Gasteiger partial charge is 0.255 e. The van der Waals surface area contributed by atoms with E-state index in [-0.39, 0.29) is 42.7 Å². The number of piperidine rings is 1. The van der Waals surface area contributed by atoms with Gasteiger partial charge in [-0.25, -0.2) is 0 Å². The van der Waals surface area contributed by atoms with Crippen LogP contribution in [0.1, 0.15) is 40.3 Å². The first kappa shape index (κ1) is 25.2. The topological polar surface area (TPSA) is 70.5 Å².